The number of hydrogen-bond donors (Lipinski definition) is 1. The van der Waals surface area contributed by atoms with E-state index >= 15 is 0 Å². The SMILES string of the molecule is Cc1ccc(C)n1-c1ccc(N=C[C@H]2C(=O)NC(=S)N(c3ccc(Cl)cc3)C2=O)cc1. The van der Waals surface area contributed by atoms with Gasteiger partial charge in [0.05, 0.1) is 11.4 Å². The quantitative estimate of drug-likeness (QED) is 0.361. The zero-order valence-corrected chi connectivity index (χ0v) is 18.4. The molecule has 1 N–H and O–H groups in total. The molecule has 0 bridgehead atoms. The molecule has 0 spiro atoms. The summed E-state index contributed by atoms with van der Waals surface area (Å²) in [6.07, 6.45) is 1.35. The predicted octanol–water partition coefficient (Wildman–Crippen LogP) is 4.51. The zero-order valence-electron chi connectivity index (χ0n) is 16.9. The topological polar surface area (TPSA) is 66.7 Å². The second kappa shape index (κ2) is 8.45. The molecule has 3 aromatic rings. The summed E-state index contributed by atoms with van der Waals surface area (Å²) < 4.78 is 2.14. The first-order chi connectivity index (χ1) is 14.8. The highest BCUT2D eigenvalue weighted by Crippen LogP contribution is 2.24. The number of nitrogens with zero attached hydrogens (tertiary/aromatic N) is 3. The maximum Gasteiger partial charge on any atom is 0.251 e. The van der Waals surface area contributed by atoms with Crippen LogP contribution >= 0.6 is 23.8 Å². The van der Waals surface area contributed by atoms with Crippen LogP contribution in [0.4, 0.5) is 11.4 Å². The van der Waals surface area contributed by atoms with Gasteiger partial charge in [0.15, 0.2) is 11.0 Å². The largest absolute Gasteiger partial charge is 0.319 e. The van der Waals surface area contributed by atoms with Crippen LogP contribution in [0.1, 0.15) is 11.4 Å². The molecule has 0 aliphatic carbocycles. The third-order valence-corrected chi connectivity index (χ3v) is 5.58. The van der Waals surface area contributed by atoms with E-state index in [-0.39, 0.29) is 5.11 Å². The Balaban J connectivity index is 1.56. The molecule has 2 aromatic carbocycles. The van der Waals surface area contributed by atoms with Crippen LogP contribution in [0.15, 0.2) is 65.7 Å². The number of carbonyl (C=O) groups is 2. The van der Waals surface area contributed by atoms with Gasteiger partial charge < -0.3 is 9.88 Å². The second-order valence-electron chi connectivity index (χ2n) is 7.17. The number of halogens is 1. The highest BCUT2D eigenvalue weighted by Gasteiger charge is 2.38. The fourth-order valence-corrected chi connectivity index (χ4v) is 3.90. The predicted molar refractivity (Wildman–Crippen MR) is 127 cm³/mol. The number of carbonyl (C=O) groups excluding carboxylic acids is 2. The zero-order chi connectivity index (χ0) is 22.1. The molecule has 156 valence electrons. The minimum absolute atomic E-state index is 0.0313. The molecule has 1 fully saturated rings. The van der Waals surface area contributed by atoms with E-state index < -0.39 is 17.7 Å². The minimum atomic E-state index is -1.09. The van der Waals surface area contributed by atoms with Crippen LogP contribution in [0.5, 0.6) is 0 Å². The number of hydrogen-bond acceptors (Lipinski definition) is 4. The molecule has 8 heteroatoms. The van der Waals surface area contributed by atoms with Crippen molar-refractivity contribution in [3.63, 3.8) is 0 Å². The molecular formula is C23H19ClN4O2S. The van der Waals surface area contributed by atoms with E-state index in [1.54, 1.807) is 24.3 Å². The number of thiocarbonyl (C=S) groups is 1. The van der Waals surface area contributed by atoms with Crippen molar-refractivity contribution in [2.24, 2.45) is 10.9 Å². The normalized spacial score (nSPS) is 16.8. The number of nitrogens with one attached hydrogen (secondary N) is 1. The van der Waals surface area contributed by atoms with E-state index in [4.69, 9.17) is 23.8 Å². The van der Waals surface area contributed by atoms with Crippen molar-refractivity contribution in [3.05, 3.63) is 77.1 Å². The number of aromatic nitrogens is 1. The molecule has 0 radical (unpaired) electrons. The number of aliphatic imine (C=N–C) groups is 1. The van der Waals surface area contributed by atoms with E-state index in [1.165, 1.54) is 11.1 Å². The van der Waals surface area contributed by atoms with Gasteiger partial charge in [-0.3, -0.25) is 19.5 Å². The second-order valence-corrected chi connectivity index (χ2v) is 7.99. The van der Waals surface area contributed by atoms with Crippen molar-refractivity contribution in [1.29, 1.82) is 0 Å². The molecule has 31 heavy (non-hydrogen) atoms. The summed E-state index contributed by atoms with van der Waals surface area (Å²) in [5.41, 5.74) is 4.45. The van der Waals surface area contributed by atoms with E-state index in [9.17, 15) is 9.59 Å². The van der Waals surface area contributed by atoms with Crippen LogP contribution in [0.2, 0.25) is 5.02 Å². The maximum atomic E-state index is 13.0. The van der Waals surface area contributed by atoms with Gasteiger partial charge in [0.25, 0.3) is 5.91 Å². The van der Waals surface area contributed by atoms with Gasteiger partial charge in [0, 0.05) is 28.3 Å². The first-order valence-electron chi connectivity index (χ1n) is 9.59. The Kier molecular flexibility index (Phi) is 5.71. The van der Waals surface area contributed by atoms with Crippen LogP contribution < -0.4 is 10.2 Å². The first kappa shape index (κ1) is 21.0. The Labute approximate surface area is 190 Å². The molecular weight excluding hydrogens is 432 g/mol. The van der Waals surface area contributed by atoms with Crippen LogP contribution in [-0.4, -0.2) is 27.7 Å². The molecule has 2 amide bonds. The average Bonchev–Trinajstić information content (AvgIpc) is 3.07. The van der Waals surface area contributed by atoms with Gasteiger partial charge in [-0.1, -0.05) is 11.6 Å². The Bertz CT molecular complexity index is 1180. The number of rotatable bonds is 4. The van der Waals surface area contributed by atoms with Gasteiger partial charge in [-0.25, -0.2) is 0 Å². The van der Waals surface area contributed by atoms with Crippen molar-refractivity contribution < 1.29 is 9.59 Å². The Morgan fingerprint density at radius 2 is 1.52 bits per heavy atom. The highest BCUT2D eigenvalue weighted by atomic mass is 35.5. The van der Waals surface area contributed by atoms with Crippen molar-refractivity contribution in [1.82, 2.24) is 9.88 Å². The standard InChI is InChI=1S/C23H19ClN4O2S/c1-14-3-4-15(2)27(14)18-11-7-17(8-12-18)25-13-20-21(29)26-23(31)28(22(20)30)19-9-5-16(24)6-10-19/h3-13,20H,1-2H3,(H,26,29,31)/t20-/m0/s1. The molecule has 2 heterocycles. The molecule has 1 aliphatic rings. The van der Waals surface area contributed by atoms with Crippen LogP contribution in [-0.2, 0) is 9.59 Å². The lowest BCUT2D eigenvalue weighted by atomic mass is 10.1. The number of anilines is 1. The number of benzene rings is 2. The highest BCUT2D eigenvalue weighted by molar-refractivity contribution is 7.80. The summed E-state index contributed by atoms with van der Waals surface area (Å²) in [4.78, 5) is 31.0. The summed E-state index contributed by atoms with van der Waals surface area (Å²) in [7, 11) is 0. The third kappa shape index (κ3) is 4.15. The van der Waals surface area contributed by atoms with Gasteiger partial charge >= 0.3 is 0 Å². The summed E-state index contributed by atoms with van der Waals surface area (Å²) in [5, 5.41) is 3.14. The summed E-state index contributed by atoms with van der Waals surface area (Å²) >= 11 is 11.1. The molecule has 1 atom stereocenters. The lowest BCUT2D eigenvalue weighted by Gasteiger charge is -2.30. The van der Waals surface area contributed by atoms with Crippen molar-refractivity contribution in [2.45, 2.75) is 13.8 Å². The summed E-state index contributed by atoms with van der Waals surface area (Å²) in [5.74, 6) is -2.05. The summed E-state index contributed by atoms with van der Waals surface area (Å²) in [6.45, 7) is 4.09. The van der Waals surface area contributed by atoms with E-state index in [1.807, 2.05) is 38.1 Å². The Hall–Kier alpha value is -3.29. The lowest BCUT2D eigenvalue weighted by molar-refractivity contribution is -0.130. The molecule has 6 nitrogen and oxygen atoms in total. The van der Waals surface area contributed by atoms with Crippen molar-refractivity contribution in [2.75, 3.05) is 4.90 Å². The molecule has 0 unspecified atom stereocenters. The molecule has 1 aliphatic heterocycles. The van der Waals surface area contributed by atoms with Gasteiger partial charge in [0.2, 0.25) is 5.91 Å². The third-order valence-electron chi connectivity index (χ3n) is 5.04. The van der Waals surface area contributed by atoms with E-state index in [0.717, 1.165) is 17.1 Å². The van der Waals surface area contributed by atoms with Crippen LogP contribution in [0.3, 0.4) is 0 Å². The maximum absolute atomic E-state index is 13.0. The molecule has 4 rings (SSSR count). The van der Waals surface area contributed by atoms with Crippen LogP contribution in [0.25, 0.3) is 5.69 Å². The summed E-state index contributed by atoms with van der Waals surface area (Å²) in [6, 6.07) is 18.4. The monoisotopic (exact) mass is 450 g/mol. The fraction of sp³-hybridized carbons (Fsp3) is 0.130. The number of aryl methyl sites for hydroxylation is 2. The molecule has 1 aromatic heterocycles. The van der Waals surface area contributed by atoms with E-state index in [2.05, 4.69) is 27.0 Å². The Morgan fingerprint density at radius 3 is 2.13 bits per heavy atom. The van der Waals surface area contributed by atoms with Crippen molar-refractivity contribution in [3.8, 4) is 5.69 Å². The average molecular weight is 451 g/mol. The first-order valence-corrected chi connectivity index (χ1v) is 10.4. The Morgan fingerprint density at radius 1 is 0.935 bits per heavy atom. The minimum Gasteiger partial charge on any atom is -0.319 e. The van der Waals surface area contributed by atoms with Crippen LogP contribution in [0, 0.1) is 19.8 Å². The van der Waals surface area contributed by atoms with Gasteiger partial charge in [0.1, 0.15) is 0 Å². The van der Waals surface area contributed by atoms with Crippen molar-refractivity contribution >= 4 is 58.3 Å². The molecule has 0 saturated carbocycles. The smallest absolute Gasteiger partial charge is 0.251 e. The number of amides is 2. The molecule has 1 saturated heterocycles. The lowest BCUT2D eigenvalue weighted by Crippen LogP contribution is -2.58. The fourth-order valence-electron chi connectivity index (χ4n) is 3.48. The van der Waals surface area contributed by atoms with Gasteiger partial charge in [-0.05, 0) is 86.7 Å². The van der Waals surface area contributed by atoms with Gasteiger partial charge in [-0.15, -0.1) is 0 Å². The van der Waals surface area contributed by atoms with E-state index in [0.29, 0.717) is 16.4 Å². The van der Waals surface area contributed by atoms with Gasteiger partial charge in [-0.2, -0.15) is 0 Å².